The van der Waals surface area contributed by atoms with Crippen LogP contribution >= 0.6 is 11.3 Å². The normalized spacial score (nSPS) is 15.8. The summed E-state index contributed by atoms with van der Waals surface area (Å²) in [6.07, 6.45) is 1.83. The van der Waals surface area contributed by atoms with Crippen LogP contribution in [0.15, 0.2) is 67.0 Å². The third-order valence-electron chi connectivity index (χ3n) is 16.3. The molecule has 5 N–H and O–H groups in total. The maximum Gasteiger partial charge on any atom is 0.435 e. The number of carbonyl (C=O) groups is 6. The fraction of sp³-hybridized carbons (Fsp3) is 0.441. The Balaban J connectivity index is 0.696. The van der Waals surface area contributed by atoms with Crippen LogP contribution in [0.25, 0.3) is 54.8 Å². The van der Waals surface area contributed by atoms with Gasteiger partial charge in [-0.2, -0.15) is 23.4 Å². The van der Waals surface area contributed by atoms with Crippen LogP contribution in [0.2, 0.25) is 0 Å². The maximum atomic E-state index is 16.2. The van der Waals surface area contributed by atoms with E-state index in [9.17, 15) is 50.4 Å². The smallest absolute Gasteiger partial charge is 0.435 e. The summed E-state index contributed by atoms with van der Waals surface area (Å²) in [7, 11) is -2.67. The number of piperidine rings is 3. The molecule has 7 aromatic rings. The minimum Gasteiger partial charge on any atom is -0.468 e. The molecule has 0 spiro atoms. The van der Waals surface area contributed by atoms with Gasteiger partial charge in [-0.3, -0.25) is 38.2 Å². The van der Waals surface area contributed by atoms with Gasteiger partial charge in [-0.25, -0.2) is 36.8 Å². The number of sulfonamides is 1. The zero-order valence-corrected chi connectivity index (χ0v) is 50.3. The van der Waals surface area contributed by atoms with E-state index in [0.29, 0.717) is 80.5 Å². The zero-order chi connectivity index (χ0) is 63.3. The highest BCUT2D eigenvalue weighted by molar-refractivity contribution is 7.92. The Labute approximate surface area is 511 Å². The molecule has 4 aromatic heterocycles. The molecule has 7 heterocycles. The summed E-state index contributed by atoms with van der Waals surface area (Å²) in [4.78, 5) is 97.3. The van der Waals surface area contributed by atoms with Gasteiger partial charge in [0.25, 0.3) is 0 Å². The van der Waals surface area contributed by atoms with Gasteiger partial charge in [-0.1, -0.05) is 25.1 Å². The maximum absolute atomic E-state index is 16.2. The number of carbonyl (C=O) groups excluding carboxylic acids is 6. The molecule has 4 amide bonds. The lowest BCUT2D eigenvalue weighted by molar-refractivity contribution is -0.141. The van der Waals surface area contributed by atoms with Gasteiger partial charge in [-0.05, 0) is 106 Å². The standard InChI is InChI=1S/C59H65F5N14O9S2/c1-3-26-89(85,86)73-42-8-4-7-39(52(42)61)53-54(43-12-19-66-58(65)70-43)88-56(71-53)35-17-24-76(25-18-35)57(84)36-15-20-74(21-16-36)32-34-13-22-75(23-14-34)48(81)10-11-49(82)78-45-28-40(41(60)27-37(45)29-69-78)38-6-5-9-44-51(38)55(59(62,63)64)72-77(44)33-47(80)67-30-46(79)68-31-50(83)87-2/h4-9,12,19,27-29,34-36,73H,3,10-11,13-18,20-26,30-33H2,1-2H3,(H,67,80)(H,68,79)(H2,65,66,70). The molecule has 0 atom stereocenters. The van der Waals surface area contributed by atoms with Crippen LogP contribution in [-0.4, -0.2) is 165 Å². The molecular weight excluding hydrogens is 1210 g/mol. The number of anilines is 2. The number of ether oxygens (including phenoxy) is 1. The zero-order valence-electron chi connectivity index (χ0n) is 48.7. The Morgan fingerprint density at radius 2 is 1.49 bits per heavy atom. The topological polar surface area (TPSA) is 292 Å². The van der Waals surface area contributed by atoms with Crippen molar-refractivity contribution in [1.82, 2.24) is 59.8 Å². The quantitative estimate of drug-likeness (QED) is 0.0448. The Hall–Kier alpha value is -8.51. The van der Waals surface area contributed by atoms with Gasteiger partial charge in [0.2, 0.25) is 45.5 Å². The Kier molecular flexibility index (Phi) is 19.3. The van der Waals surface area contributed by atoms with Gasteiger partial charge < -0.3 is 35.8 Å². The lowest BCUT2D eigenvalue weighted by Crippen LogP contribution is -2.47. The van der Waals surface area contributed by atoms with Gasteiger partial charge >= 0.3 is 12.1 Å². The highest BCUT2D eigenvalue weighted by atomic mass is 32.2. The van der Waals surface area contributed by atoms with Crippen LogP contribution in [0.4, 0.5) is 33.6 Å². The number of alkyl halides is 3. The number of fused-ring (bicyclic) bond motifs is 2. The van der Waals surface area contributed by atoms with Crippen LogP contribution in [0, 0.1) is 23.5 Å². The van der Waals surface area contributed by atoms with Crippen molar-refractivity contribution < 1.29 is 63.9 Å². The van der Waals surface area contributed by atoms with E-state index in [2.05, 4.69) is 45.2 Å². The molecular formula is C59H65F5N14O9S2. The summed E-state index contributed by atoms with van der Waals surface area (Å²) in [5, 5.41) is 12.7. The van der Waals surface area contributed by atoms with Crippen LogP contribution in [-0.2, 0) is 51.5 Å². The second-order valence-corrected chi connectivity index (χ2v) is 25.2. The first kappa shape index (κ1) is 63.5. The van der Waals surface area contributed by atoms with E-state index in [1.165, 1.54) is 54.1 Å². The minimum absolute atomic E-state index is 0.0292. The van der Waals surface area contributed by atoms with E-state index in [0.717, 1.165) is 60.0 Å². The first-order chi connectivity index (χ1) is 42.6. The number of esters is 1. The van der Waals surface area contributed by atoms with E-state index < -0.39 is 82.2 Å². The van der Waals surface area contributed by atoms with Crippen molar-refractivity contribution in [2.45, 2.75) is 83.4 Å². The Bertz CT molecular complexity index is 3950. The van der Waals surface area contributed by atoms with Crippen LogP contribution in [0.3, 0.4) is 0 Å². The number of benzene rings is 3. The molecule has 3 fully saturated rings. The lowest BCUT2D eigenvalue weighted by Gasteiger charge is -2.39. The number of nitrogens with two attached hydrogens (primary N) is 1. The van der Waals surface area contributed by atoms with Crippen LogP contribution < -0.4 is 21.1 Å². The number of methoxy groups -OCH3 is 1. The lowest BCUT2D eigenvalue weighted by atomic mass is 9.90. The van der Waals surface area contributed by atoms with Crippen molar-refractivity contribution >= 4 is 90.3 Å². The molecule has 0 unspecified atom stereocenters. The Morgan fingerprint density at radius 1 is 0.798 bits per heavy atom. The van der Waals surface area contributed by atoms with Gasteiger partial charge in [0.1, 0.15) is 18.9 Å². The molecule has 0 radical (unpaired) electrons. The van der Waals surface area contributed by atoms with E-state index in [-0.39, 0.29) is 87.0 Å². The number of halogens is 5. The summed E-state index contributed by atoms with van der Waals surface area (Å²) in [6.45, 7) is 4.24. The minimum atomic E-state index is -5.07. The highest BCUT2D eigenvalue weighted by Gasteiger charge is 2.39. The fourth-order valence-electron chi connectivity index (χ4n) is 11.7. The second-order valence-electron chi connectivity index (χ2n) is 22.3. The monoisotopic (exact) mass is 1270 g/mol. The number of aromatic nitrogens is 7. The number of likely N-dealkylation sites (tertiary alicyclic amines) is 3. The van der Waals surface area contributed by atoms with Crippen LogP contribution in [0.5, 0.6) is 0 Å². The largest absolute Gasteiger partial charge is 0.468 e. The number of amides is 4. The summed E-state index contributed by atoms with van der Waals surface area (Å²) in [5.41, 5.74) is 4.58. The van der Waals surface area contributed by atoms with Gasteiger partial charge in [-0.15, -0.1) is 11.3 Å². The van der Waals surface area contributed by atoms with Gasteiger partial charge in [0.15, 0.2) is 11.5 Å². The predicted octanol–water partition coefficient (Wildman–Crippen LogP) is 6.85. The van der Waals surface area contributed by atoms with Crippen molar-refractivity contribution in [2.24, 2.45) is 11.8 Å². The number of rotatable bonds is 20. The first-order valence-corrected chi connectivity index (χ1v) is 31.6. The molecule has 3 aromatic carbocycles. The number of nitrogens with one attached hydrogen (secondary N) is 3. The Morgan fingerprint density at radius 3 is 2.20 bits per heavy atom. The fourth-order valence-corrected chi connectivity index (χ4v) is 14.1. The second kappa shape index (κ2) is 27.1. The van der Waals surface area contributed by atoms with E-state index in [1.807, 2.05) is 4.90 Å². The number of nitrogen functional groups attached to an aromatic ring is 1. The molecule has 0 bridgehead atoms. The van der Waals surface area contributed by atoms with Crippen LogP contribution in [0.1, 0.15) is 86.1 Å². The number of hydrogen-bond donors (Lipinski definition) is 4. The van der Waals surface area contributed by atoms with E-state index >= 15 is 8.78 Å². The van der Waals surface area contributed by atoms with Crippen molar-refractivity contribution in [1.29, 1.82) is 0 Å². The van der Waals surface area contributed by atoms with Crippen molar-refractivity contribution in [3.63, 3.8) is 0 Å². The molecule has 23 nitrogen and oxygen atoms in total. The molecule has 472 valence electrons. The number of hydrogen-bond acceptors (Lipinski definition) is 17. The van der Waals surface area contributed by atoms with Gasteiger partial charge in [0, 0.05) is 85.5 Å². The summed E-state index contributed by atoms with van der Waals surface area (Å²) in [5.74, 6) is -4.76. The van der Waals surface area contributed by atoms with Crippen molar-refractivity contribution in [3.05, 3.63) is 89.3 Å². The van der Waals surface area contributed by atoms with E-state index in [4.69, 9.17) is 10.7 Å². The van der Waals surface area contributed by atoms with Crippen molar-refractivity contribution in [3.8, 4) is 33.0 Å². The average molecular weight is 1270 g/mol. The van der Waals surface area contributed by atoms with Gasteiger partial charge in [0.05, 0.1) is 63.6 Å². The molecule has 3 saturated heterocycles. The summed E-state index contributed by atoms with van der Waals surface area (Å²) in [6, 6.07) is 12.3. The molecule has 10 rings (SSSR count). The van der Waals surface area contributed by atoms with E-state index in [1.54, 1.807) is 30.0 Å². The molecule has 89 heavy (non-hydrogen) atoms. The summed E-state index contributed by atoms with van der Waals surface area (Å²) >= 11 is 1.36. The first-order valence-electron chi connectivity index (χ1n) is 29.1. The third-order valence-corrected chi connectivity index (χ3v) is 19.0. The molecule has 3 aliphatic heterocycles. The average Bonchev–Trinajstić information content (AvgIpc) is 1.99. The third kappa shape index (κ3) is 14.7. The SMILES string of the molecule is CCCS(=O)(=O)Nc1cccc(-c2nc(C3CCN(C(=O)C4CCN(CC5CCN(C(=O)CCC(=O)n6ncc7cc(F)c(-c8cccc9c8c(C(F)(F)F)nn9CC(=O)NCC(=O)NCC(=O)OC)cc76)CC5)CC4)CC3)sc2-c2ccnc(N)n2)c1F. The highest BCUT2D eigenvalue weighted by Crippen LogP contribution is 2.44. The molecule has 0 saturated carbocycles. The van der Waals surface area contributed by atoms with Crippen molar-refractivity contribution in [2.75, 3.05) is 82.2 Å². The number of thiazole rings is 1. The molecule has 30 heteroatoms. The summed E-state index contributed by atoms with van der Waals surface area (Å²) < 4.78 is 110. The molecule has 3 aliphatic rings. The number of nitrogens with zero attached hydrogens (tertiary/aromatic N) is 10. The predicted molar refractivity (Wildman–Crippen MR) is 319 cm³/mol. The molecule has 0 aliphatic carbocycles.